The molecule has 1 aromatic heterocycles. The maximum absolute atomic E-state index is 5.85. The van der Waals surface area contributed by atoms with Crippen molar-refractivity contribution in [3.63, 3.8) is 0 Å². The third-order valence-electron chi connectivity index (χ3n) is 3.11. The van der Waals surface area contributed by atoms with Gasteiger partial charge in [0.05, 0.1) is 6.61 Å². The lowest BCUT2D eigenvalue weighted by atomic mass is 10.1. The highest BCUT2D eigenvalue weighted by Gasteiger charge is 2.05. The molecule has 0 radical (unpaired) electrons. The van der Waals surface area contributed by atoms with Gasteiger partial charge in [-0.25, -0.2) is 0 Å². The number of ether oxygens (including phenoxy) is 1. The van der Waals surface area contributed by atoms with Crippen molar-refractivity contribution in [2.24, 2.45) is 0 Å². The highest BCUT2D eigenvalue weighted by atomic mass is 79.9. The lowest BCUT2D eigenvalue weighted by Gasteiger charge is -2.05. The number of rotatable bonds is 5. The highest BCUT2D eigenvalue weighted by Crippen LogP contribution is 2.28. The second kappa shape index (κ2) is 6.14. The Balaban J connectivity index is 1.79. The van der Waals surface area contributed by atoms with Crippen LogP contribution in [0, 0.1) is 0 Å². The van der Waals surface area contributed by atoms with Crippen LogP contribution in [0.25, 0.3) is 22.3 Å². The molecule has 0 spiro atoms. The molecule has 0 aliphatic carbocycles. The Labute approximate surface area is 126 Å². The molecule has 0 atom stereocenters. The zero-order chi connectivity index (χ0) is 13.8. The van der Waals surface area contributed by atoms with E-state index in [1.54, 1.807) is 0 Å². The number of halogens is 1. The van der Waals surface area contributed by atoms with E-state index in [1.807, 2.05) is 42.5 Å². The van der Waals surface area contributed by atoms with Gasteiger partial charge < -0.3 is 9.15 Å². The molecule has 0 fully saturated rings. The van der Waals surface area contributed by atoms with Crippen LogP contribution < -0.4 is 4.74 Å². The van der Waals surface area contributed by atoms with Gasteiger partial charge in [0.15, 0.2) is 0 Å². The van der Waals surface area contributed by atoms with Crippen LogP contribution in [-0.4, -0.2) is 11.9 Å². The summed E-state index contributed by atoms with van der Waals surface area (Å²) in [6.07, 6.45) is 1.01. The first-order valence-corrected chi connectivity index (χ1v) is 7.77. The van der Waals surface area contributed by atoms with Gasteiger partial charge in [0, 0.05) is 16.3 Å². The second-order valence-corrected chi connectivity index (χ2v) is 5.36. The minimum atomic E-state index is 0.731. The Bertz CT molecular complexity index is 653. The molecule has 20 heavy (non-hydrogen) atoms. The molecule has 0 aliphatic heterocycles. The summed E-state index contributed by atoms with van der Waals surface area (Å²) in [5, 5.41) is 2.09. The normalized spacial score (nSPS) is 10.8. The van der Waals surface area contributed by atoms with E-state index in [0.29, 0.717) is 0 Å². The van der Waals surface area contributed by atoms with Crippen molar-refractivity contribution in [1.82, 2.24) is 0 Å². The number of fused-ring (bicyclic) bond motifs is 1. The van der Waals surface area contributed by atoms with E-state index in [1.165, 1.54) is 0 Å². The van der Waals surface area contributed by atoms with Gasteiger partial charge in [0.25, 0.3) is 0 Å². The predicted molar refractivity (Wildman–Crippen MR) is 85.6 cm³/mol. The zero-order valence-corrected chi connectivity index (χ0v) is 12.6. The van der Waals surface area contributed by atoms with Gasteiger partial charge in [0.1, 0.15) is 17.1 Å². The van der Waals surface area contributed by atoms with E-state index in [4.69, 9.17) is 9.15 Å². The topological polar surface area (TPSA) is 22.4 Å². The SMILES string of the molecule is BrCCCOc1ccc(-c2cc3ccccc3o2)cc1. The Morgan fingerprint density at radius 1 is 1.00 bits per heavy atom. The van der Waals surface area contributed by atoms with Crippen molar-refractivity contribution in [3.05, 3.63) is 54.6 Å². The van der Waals surface area contributed by atoms with Crippen molar-refractivity contribution >= 4 is 26.9 Å². The third kappa shape index (κ3) is 2.88. The van der Waals surface area contributed by atoms with Crippen LogP contribution >= 0.6 is 15.9 Å². The standard InChI is InChI=1S/C17H15BrO2/c18-10-3-11-19-15-8-6-13(7-9-15)17-12-14-4-1-2-5-16(14)20-17/h1-2,4-9,12H,3,10-11H2. The number of benzene rings is 2. The van der Waals surface area contributed by atoms with Crippen molar-refractivity contribution in [2.45, 2.75) is 6.42 Å². The van der Waals surface area contributed by atoms with Gasteiger partial charge in [-0.2, -0.15) is 0 Å². The lowest BCUT2D eigenvalue weighted by Crippen LogP contribution is -1.97. The molecule has 3 heteroatoms. The van der Waals surface area contributed by atoms with E-state index in [2.05, 4.69) is 28.1 Å². The summed E-state index contributed by atoms with van der Waals surface area (Å²) in [4.78, 5) is 0. The second-order valence-electron chi connectivity index (χ2n) is 4.56. The summed E-state index contributed by atoms with van der Waals surface area (Å²) in [7, 11) is 0. The minimum absolute atomic E-state index is 0.731. The number of alkyl halides is 1. The summed E-state index contributed by atoms with van der Waals surface area (Å²) in [5.74, 6) is 1.78. The number of para-hydroxylation sites is 1. The van der Waals surface area contributed by atoms with Crippen LogP contribution in [0.3, 0.4) is 0 Å². The van der Waals surface area contributed by atoms with Crippen molar-refractivity contribution in [1.29, 1.82) is 0 Å². The van der Waals surface area contributed by atoms with Gasteiger partial charge in [0.2, 0.25) is 0 Å². The number of hydrogen-bond acceptors (Lipinski definition) is 2. The summed E-state index contributed by atoms with van der Waals surface area (Å²) < 4.78 is 11.5. The van der Waals surface area contributed by atoms with Gasteiger partial charge >= 0.3 is 0 Å². The molecule has 0 aliphatic rings. The van der Waals surface area contributed by atoms with E-state index >= 15 is 0 Å². The van der Waals surface area contributed by atoms with Crippen LogP contribution in [0.1, 0.15) is 6.42 Å². The summed E-state index contributed by atoms with van der Waals surface area (Å²) >= 11 is 3.39. The van der Waals surface area contributed by atoms with Crippen LogP contribution in [-0.2, 0) is 0 Å². The number of hydrogen-bond donors (Lipinski definition) is 0. The van der Waals surface area contributed by atoms with Gasteiger partial charge in [-0.3, -0.25) is 0 Å². The number of furan rings is 1. The molecule has 2 aromatic carbocycles. The molecule has 3 rings (SSSR count). The maximum atomic E-state index is 5.85. The predicted octanol–water partition coefficient (Wildman–Crippen LogP) is 5.26. The molecule has 0 amide bonds. The smallest absolute Gasteiger partial charge is 0.135 e. The lowest BCUT2D eigenvalue weighted by molar-refractivity contribution is 0.319. The average Bonchev–Trinajstić information content (AvgIpc) is 2.92. The van der Waals surface area contributed by atoms with E-state index in [0.717, 1.165) is 46.4 Å². The average molecular weight is 331 g/mol. The fraction of sp³-hybridized carbons (Fsp3) is 0.176. The molecule has 1 heterocycles. The molecule has 3 aromatic rings. The van der Waals surface area contributed by atoms with Gasteiger partial charge in [-0.1, -0.05) is 34.1 Å². The molecular formula is C17H15BrO2. The van der Waals surface area contributed by atoms with Crippen LogP contribution in [0.5, 0.6) is 5.75 Å². The van der Waals surface area contributed by atoms with Crippen LogP contribution in [0.15, 0.2) is 59.0 Å². The molecular weight excluding hydrogens is 316 g/mol. The largest absolute Gasteiger partial charge is 0.494 e. The molecule has 0 bridgehead atoms. The third-order valence-corrected chi connectivity index (χ3v) is 3.67. The van der Waals surface area contributed by atoms with E-state index in [9.17, 15) is 0 Å². The van der Waals surface area contributed by atoms with Gasteiger partial charge in [-0.05, 0) is 42.8 Å². The first-order chi connectivity index (χ1) is 9.86. The monoisotopic (exact) mass is 330 g/mol. The Hall–Kier alpha value is -1.74. The highest BCUT2D eigenvalue weighted by molar-refractivity contribution is 9.09. The Morgan fingerprint density at radius 2 is 1.80 bits per heavy atom. The quantitative estimate of drug-likeness (QED) is 0.470. The molecule has 0 N–H and O–H groups in total. The molecule has 102 valence electrons. The van der Waals surface area contributed by atoms with E-state index in [-0.39, 0.29) is 0 Å². The summed E-state index contributed by atoms with van der Waals surface area (Å²) in [6.45, 7) is 0.731. The first-order valence-electron chi connectivity index (χ1n) is 6.64. The van der Waals surface area contributed by atoms with Gasteiger partial charge in [-0.15, -0.1) is 0 Å². The van der Waals surface area contributed by atoms with Crippen molar-refractivity contribution in [2.75, 3.05) is 11.9 Å². The molecule has 0 saturated heterocycles. The first kappa shape index (κ1) is 13.3. The van der Waals surface area contributed by atoms with Crippen molar-refractivity contribution in [3.8, 4) is 17.1 Å². The summed E-state index contributed by atoms with van der Waals surface area (Å²) in [5.41, 5.74) is 1.98. The van der Waals surface area contributed by atoms with Crippen LogP contribution in [0.4, 0.5) is 0 Å². The zero-order valence-electron chi connectivity index (χ0n) is 11.0. The van der Waals surface area contributed by atoms with Crippen LogP contribution in [0.2, 0.25) is 0 Å². The fourth-order valence-electron chi connectivity index (χ4n) is 2.08. The Morgan fingerprint density at radius 3 is 2.55 bits per heavy atom. The van der Waals surface area contributed by atoms with Crippen molar-refractivity contribution < 1.29 is 9.15 Å². The molecule has 0 saturated carbocycles. The molecule has 0 unspecified atom stereocenters. The van der Waals surface area contributed by atoms with E-state index < -0.39 is 0 Å². The Kier molecular flexibility index (Phi) is 4.07. The summed E-state index contributed by atoms with van der Waals surface area (Å²) in [6, 6.07) is 18.1. The fourth-order valence-corrected chi connectivity index (χ4v) is 2.31. The minimum Gasteiger partial charge on any atom is -0.494 e. The molecule has 2 nitrogen and oxygen atoms in total. The maximum Gasteiger partial charge on any atom is 0.135 e.